The van der Waals surface area contributed by atoms with Crippen molar-refractivity contribution in [3.8, 4) is 0 Å². The topological polar surface area (TPSA) is 95.9 Å². The Morgan fingerprint density at radius 2 is 1.79 bits per heavy atom. The Morgan fingerprint density at radius 1 is 1.09 bits per heavy atom. The van der Waals surface area contributed by atoms with Crippen LogP contribution in [0.4, 0.5) is 15.8 Å². The number of thioether (sulfide) groups is 1. The predicted octanol–water partition coefficient (Wildman–Crippen LogP) is 4.76. The minimum atomic E-state index is -4.12. The summed E-state index contributed by atoms with van der Waals surface area (Å²) in [5, 5.41) is 1.65. The standard InChI is InChI=1S/C21H15ClFN3O4S3/c22-17-10-11-19(32-17)33(29,30)25-21-26(15-4-2-1-3-5-15)20(28)16(31-21)12-18(27)24-14-8-6-13(23)7-9-14/h1-11,16H,12H2,(H,24,27). The van der Waals surface area contributed by atoms with E-state index < -0.39 is 32.9 Å². The van der Waals surface area contributed by atoms with Crippen molar-refractivity contribution in [2.24, 2.45) is 4.40 Å². The van der Waals surface area contributed by atoms with Crippen LogP contribution in [0.1, 0.15) is 6.42 Å². The first-order valence-electron chi connectivity index (χ1n) is 9.44. The average molecular weight is 524 g/mol. The molecule has 0 spiro atoms. The van der Waals surface area contributed by atoms with Crippen LogP contribution in [0.25, 0.3) is 0 Å². The number of hydrogen-bond acceptors (Lipinski definition) is 6. The van der Waals surface area contributed by atoms with Crippen LogP contribution in [0.2, 0.25) is 4.34 Å². The molecule has 1 atom stereocenters. The molecule has 0 aliphatic carbocycles. The van der Waals surface area contributed by atoms with Gasteiger partial charge in [-0.05, 0) is 48.5 Å². The Hall–Kier alpha value is -2.73. The van der Waals surface area contributed by atoms with Crippen LogP contribution in [0.15, 0.2) is 75.3 Å². The van der Waals surface area contributed by atoms with E-state index in [0.717, 1.165) is 23.1 Å². The van der Waals surface area contributed by atoms with Crippen LogP contribution < -0.4 is 10.2 Å². The first kappa shape index (κ1) is 23.4. The molecule has 7 nitrogen and oxygen atoms in total. The van der Waals surface area contributed by atoms with Crippen LogP contribution >= 0.6 is 34.7 Å². The largest absolute Gasteiger partial charge is 0.326 e. The zero-order chi connectivity index (χ0) is 23.6. The van der Waals surface area contributed by atoms with Gasteiger partial charge in [-0.15, -0.1) is 15.7 Å². The molecule has 0 saturated carbocycles. The Kier molecular flexibility index (Phi) is 6.84. The minimum absolute atomic E-state index is 0.0569. The molecule has 1 unspecified atom stereocenters. The lowest BCUT2D eigenvalue weighted by molar-refractivity contribution is -0.121. The number of thiophene rings is 1. The molecule has 0 bridgehead atoms. The van der Waals surface area contributed by atoms with Gasteiger partial charge < -0.3 is 5.32 Å². The van der Waals surface area contributed by atoms with E-state index in [2.05, 4.69) is 9.71 Å². The van der Waals surface area contributed by atoms with E-state index in [-0.39, 0.29) is 15.8 Å². The summed E-state index contributed by atoms with van der Waals surface area (Å²) in [5.41, 5.74) is 0.803. The Balaban J connectivity index is 1.61. The molecule has 2 heterocycles. The number of sulfonamides is 1. The number of anilines is 2. The summed E-state index contributed by atoms with van der Waals surface area (Å²) in [5.74, 6) is -1.39. The van der Waals surface area contributed by atoms with Crippen molar-refractivity contribution in [3.63, 3.8) is 0 Å². The number of rotatable bonds is 6. The van der Waals surface area contributed by atoms with E-state index in [0.29, 0.717) is 15.7 Å². The van der Waals surface area contributed by atoms with Gasteiger partial charge in [-0.3, -0.25) is 14.5 Å². The molecular weight excluding hydrogens is 509 g/mol. The molecular formula is C21H15ClFN3O4S3. The lowest BCUT2D eigenvalue weighted by Crippen LogP contribution is -2.33. The number of halogens is 2. The van der Waals surface area contributed by atoms with Gasteiger partial charge >= 0.3 is 0 Å². The van der Waals surface area contributed by atoms with Crippen molar-refractivity contribution < 1.29 is 22.4 Å². The molecule has 33 heavy (non-hydrogen) atoms. The van der Waals surface area contributed by atoms with Crippen LogP contribution in [-0.2, 0) is 19.6 Å². The second-order valence-electron chi connectivity index (χ2n) is 6.78. The smallest absolute Gasteiger partial charge is 0.294 e. The number of hydrogen-bond donors (Lipinski definition) is 1. The molecule has 1 aliphatic heterocycles. The van der Waals surface area contributed by atoms with E-state index in [4.69, 9.17) is 11.6 Å². The van der Waals surface area contributed by atoms with Crippen molar-refractivity contribution in [2.75, 3.05) is 10.2 Å². The minimum Gasteiger partial charge on any atom is -0.326 e. The Labute approximate surface area is 202 Å². The van der Waals surface area contributed by atoms with Crippen molar-refractivity contribution in [1.29, 1.82) is 0 Å². The third-order valence-corrected chi connectivity index (χ3v) is 8.67. The zero-order valence-electron chi connectivity index (χ0n) is 16.6. The van der Waals surface area contributed by atoms with E-state index in [1.807, 2.05) is 0 Å². The molecule has 1 aromatic heterocycles. The summed E-state index contributed by atoms with van der Waals surface area (Å²) in [6.07, 6.45) is -0.228. The lowest BCUT2D eigenvalue weighted by atomic mass is 10.2. The van der Waals surface area contributed by atoms with Gasteiger partial charge in [0.2, 0.25) is 11.8 Å². The van der Waals surface area contributed by atoms with Gasteiger partial charge in [-0.2, -0.15) is 8.42 Å². The van der Waals surface area contributed by atoms with Gasteiger partial charge in [0, 0.05) is 12.1 Å². The fraction of sp³-hybridized carbons (Fsp3) is 0.0952. The number of para-hydroxylation sites is 1. The monoisotopic (exact) mass is 523 g/mol. The number of nitrogens with one attached hydrogen (secondary N) is 1. The molecule has 3 aromatic rings. The molecule has 4 rings (SSSR count). The van der Waals surface area contributed by atoms with Gasteiger partial charge in [-0.1, -0.05) is 41.6 Å². The molecule has 12 heteroatoms. The quantitative estimate of drug-likeness (QED) is 0.502. The SMILES string of the molecule is O=C(CC1SC(=NS(=O)(=O)c2ccc(Cl)s2)N(c2ccccc2)C1=O)Nc1ccc(F)cc1. The number of amidine groups is 1. The lowest BCUT2D eigenvalue weighted by Gasteiger charge is -2.16. The Morgan fingerprint density at radius 3 is 2.42 bits per heavy atom. The van der Waals surface area contributed by atoms with Gasteiger partial charge in [0.25, 0.3) is 10.0 Å². The molecule has 1 fully saturated rings. The fourth-order valence-electron chi connectivity index (χ4n) is 2.97. The maximum atomic E-state index is 13.2. The van der Waals surface area contributed by atoms with Crippen molar-refractivity contribution in [3.05, 3.63) is 76.9 Å². The van der Waals surface area contributed by atoms with Crippen LogP contribution in [0.3, 0.4) is 0 Å². The molecule has 1 saturated heterocycles. The summed E-state index contributed by atoms with van der Waals surface area (Å²) in [6.45, 7) is 0. The maximum Gasteiger partial charge on any atom is 0.294 e. The number of carbonyl (C=O) groups excluding carboxylic acids is 2. The highest BCUT2D eigenvalue weighted by Gasteiger charge is 2.41. The molecule has 1 N–H and O–H groups in total. The van der Waals surface area contributed by atoms with Crippen LogP contribution in [-0.4, -0.2) is 30.6 Å². The highest BCUT2D eigenvalue weighted by atomic mass is 35.5. The predicted molar refractivity (Wildman–Crippen MR) is 129 cm³/mol. The molecule has 1 aliphatic rings. The van der Waals surface area contributed by atoms with E-state index >= 15 is 0 Å². The summed E-state index contributed by atoms with van der Waals surface area (Å²) < 4.78 is 42.8. The number of carbonyl (C=O) groups is 2. The average Bonchev–Trinajstić information content (AvgIpc) is 3.34. The second-order valence-corrected chi connectivity index (χ2v) is 11.5. The third kappa shape index (κ3) is 5.44. The van der Waals surface area contributed by atoms with E-state index in [1.165, 1.54) is 41.3 Å². The summed E-state index contributed by atoms with van der Waals surface area (Å²) in [6, 6.07) is 16.4. The van der Waals surface area contributed by atoms with Crippen LogP contribution in [0, 0.1) is 5.82 Å². The third-order valence-electron chi connectivity index (χ3n) is 4.45. The van der Waals surface area contributed by atoms with Crippen molar-refractivity contribution >= 4 is 73.1 Å². The summed E-state index contributed by atoms with van der Waals surface area (Å²) >= 11 is 7.60. The zero-order valence-corrected chi connectivity index (χ0v) is 19.8. The van der Waals surface area contributed by atoms with Gasteiger partial charge in [0.05, 0.1) is 10.0 Å². The van der Waals surface area contributed by atoms with Gasteiger partial charge in [0.1, 0.15) is 15.3 Å². The summed E-state index contributed by atoms with van der Waals surface area (Å²) in [4.78, 5) is 26.8. The Bertz CT molecular complexity index is 1330. The highest BCUT2D eigenvalue weighted by Crippen LogP contribution is 2.36. The molecule has 2 aromatic carbocycles. The first-order chi connectivity index (χ1) is 15.7. The van der Waals surface area contributed by atoms with Crippen LogP contribution in [0.5, 0.6) is 0 Å². The molecule has 2 amide bonds. The highest BCUT2D eigenvalue weighted by molar-refractivity contribution is 8.16. The number of benzene rings is 2. The first-order valence-corrected chi connectivity index (χ1v) is 13.0. The molecule has 170 valence electrons. The van der Waals surface area contributed by atoms with Crippen molar-refractivity contribution in [1.82, 2.24) is 0 Å². The summed E-state index contributed by atoms with van der Waals surface area (Å²) in [7, 11) is -4.12. The van der Waals surface area contributed by atoms with E-state index in [1.54, 1.807) is 30.3 Å². The number of nitrogens with zero attached hydrogens (tertiary/aromatic N) is 2. The molecule has 0 radical (unpaired) electrons. The normalized spacial score (nSPS) is 17.5. The van der Waals surface area contributed by atoms with E-state index in [9.17, 15) is 22.4 Å². The number of amides is 2. The maximum absolute atomic E-state index is 13.2. The second kappa shape index (κ2) is 9.64. The van der Waals surface area contributed by atoms with Gasteiger partial charge in [-0.25, -0.2) is 4.39 Å². The van der Waals surface area contributed by atoms with Crippen molar-refractivity contribution in [2.45, 2.75) is 15.9 Å². The fourth-order valence-corrected chi connectivity index (χ4v) is 6.77. The van der Waals surface area contributed by atoms with Gasteiger partial charge in [0.15, 0.2) is 5.17 Å².